The Labute approximate surface area is 119 Å². The number of nitrogens with one attached hydrogen (secondary N) is 1. The first-order chi connectivity index (χ1) is 8.97. The van der Waals surface area contributed by atoms with E-state index in [1.165, 1.54) is 11.1 Å². The van der Waals surface area contributed by atoms with Gasteiger partial charge in [-0.05, 0) is 25.3 Å². The monoisotopic (exact) mass is 272 g/mol. The van der Waals surface area contributed by atoms with E-state index in [0.717, 1.165) is 28.1 Å². The van der Waals surface area contributed by atoms with Crippen LogP contribution in [0.3, 0.4) is 0 Å². The average Bonchev–Trinajstić information content (AvgIpc) is 2.30. The maximum absolute atomic E-state index is 5.41. The van der Waals surface area contributed by atoms with Gasteiger partial charge in [0, 0.05) is 17.7 Å². The molecule has 0 aliphatic heterocycles. The number of hydrogen-bond donors (Lipinski definition) is 1. The van der Waals surface area contributed by atoms with E-state index < -0.39 is 0 Å². The molecule has 0 atom stereocenters. The fourth-order valence-corrected chi connectivity index (χ4v) is 2.82. The fraction of sp³-hybridized carbons (Fsp3) is 0.375. The molecule has 0 spiro atoms. The van der Waals surface area contributed by atoms with Gasteiger partial charge in [-0.15, -0.1) is 0 Å². The number of rotatable bonds is 3. The Morgan fingerprint density at radius 3 is 2.32 bits per heavy atom. The van der Waals surface area contributed by atoms with Crippen molar-refractivity contribution in [3.63, 3.8) is 0 Å². The van der Waals surface area contributed by atoms with Crippen molar-refractivity contribution >= 4 is 12.2 Å². The van der Waals surface area contributed by atoms with Gasteiger partial charge in [0.15, 0.2) is 0 Å². The van der Waals surface area contributed by atoms with E-state index >= 15 is 0 Å². The van der Waals surface area contributed by atoms with Gasteiger partial charge >= 0.3 is 0 Å². The molecule has 19 heavy (non-hydrogen) atoms. The van der Waals surface area contributed by atoms with E-state index in [9.17, 15) is 0 Å². The van der Waals surface area contributed by atoms with E-state index in [1.807, 2.05) is 0 Å². The van der Waals surface area contributed by atoms with E-state index in [0.29, 0.717) is 5.92 Å². The third-order valence-corrected chi connectivity index (χ3v) is 3.58. The highest BCUT2D eigenvalue weighted by Crippen LogP contribution is 2.19. The summed E-state index contributed by atoms with van der Waals surface area (Å²) in [6, 6.07) is 8.53. The third-order valence-electron chi connectivity index (χ3n) is 3.27. The summed E-state index contributed by atoms with van der Waals surface area (Å²) >= 11 is 5.41. The van der Waals surface area contributed by atoms with Crippen molar-refractivity contribution in [3.8, 4) is 0 Å². The molecule has 0 saturated carbocycles. The zero-order chi connectivity index (χ0) is 14.0. The second-order valence-electron chi connectivity index (χ2n) is 5.34. The van der Waals surface area contributed by atoms with Crippen LogP contribution in [0.25, 0.3) is 0 Å². The van der Waals surface area contributed by atoms with Crippen LogP contribution in [0.5, 0.6) is 0 Å². The predicted octanol–water partition coefficient (Wildman–Crippen LogP) is 4.47. The molecule has 1 N–H and O–H groups in total. The number of aromatic amines is 1. The number of hydrogen-bond acceptors (Lipinski definition) is 2. The first-order valence-electron chi connectivity index (χ1n) is 6.62. The largest absolute Gasteiger partial charge is 0.347 e. The van der Waals surface area contributed by atoms with Crippen molar-refractivity contribution < 1.29 is 0 Å². The standard InChI is InChI=1S/C16H20N2S/c1-10(2)15-12(4)17-14(18-16(15)19)9-13-7-5-11(3)6-8-13/h5-8,10H,9H2,1-4H3,(H,17,18,19). The lowest BCUT2D eigenvalue weighted by Gasteiger charge is -2.11. The molecule has 3 heteroatoms. The smallest absolute Gasteiger partial charge is 0.133 e. The Morgan fingerprint density at radius 2 is 1.79 bits per heavy atom. The Bertz CT molecular complexity index is 624. The second-order valence-corrected chi connectivity index (χ2v) is 5.73. The summed E-state index contributed by atoms with van der Waals surface area (Å²) in [6.45, 7) is 8.46. The van der Waals surface area contributed by atoms with Crippen LogP contribution in [0.2, 0.25) is 0 Å². The number of aryl methyl sites for hydroxylation is 2. The molecule has 2 rings (SSSR count). The predicted molar refractivity (Wildman–Crippen MR) is 82.2 cm³/mol. The molecule has 0 aliphatic carbocycles. The van der Waals surface area contributed by atoms with Gasteiger partial charge in [0.2, 0.25) is 0 Å². The summed E-state index contributed by atoms with van der Waals surface area (Å²) < 4.78 is 0.730. The van der Waals surface area contributed by atoms with Gasteiger partial charge in [-0.3, -0.25) is 0 Å². The van der Waals surface area contributed by atoms with Crippen molar-refractivity contribution in [2.75, 3.05) is 0 Å². The van der Waals surface area contributed by atoms with Crippen molar-refractivity contribution in [1.29, 1.82) is 0 Å². The van der Waals surface area contributed by atoms with Gasteiger partial charge < -0.3 is 4.98 Å². The molecule has 1 heterocycles. The minimum atomic E-state index is 0.407. The maximum atomic E-state index is 5.41. The molecule has 0 saturated heterocycles. The molecule has 100 valence electrons. The molecule has 0 amide bonds. The summed E-state index contributed by atoms with van der Waals surface area (Å²) in [5, 5.41) is 0. The Kier molecular flexibility index (Phi) is 4.15. The molecule has 2 aromatic rings. The molecule has 0 bridgehead atoms. The third kappa shape index (κ3) is 3.29. The first-order valence-corrected chi connectivity index (χ1v) is 7.03. The number of aromatic nitrogens is 2. The summed E-state index contributed by atoms with van der Waals surface area (Å²) in [7, 11) is 0. The Balaban J connectivity index is 2.32. The van der Waals surface area contributed by atoms with Gasteiger partial charge in [0.25, 0.3) is 0 Å². The quantitative estimate of drug-likeness (QED) is 0.835. The normalized spacial score (nSPS) is 11.0. The van der Waals surface area contributed by atoms with Crippen LogP contribution in [0.15, 0.2) is 24.3 Å². The topological polar surface area (TPSA) is 28.7 Å². The second kappa shape index (κ2) is 5.66. The molecule has 0 radical (unpaired) electrons. The van der Waals surface area contributed by atoms with E-state index in [1.54, 1.807) is 0 Å². The summed E-state index contributed by atoms with van der Waals surface area (Å²) in [4.78, 5) is 7.92. The lowest BCUT2D eigenvalue weighted by Crippen LogP contribution is -2.05. The molecular weight excluding hydrogens is 252 g/mol. The van der Waals surface area contributed by atoms with Crippen LogP contribution in [-0.2, 0) is 6.42 Å². The van der Waals surface area contributed by atoms with Gasteiger partial charge in [-0.1, -0.05) is 55.9 Å². The molecule has 1 aromatic carbocycles. The van der Waals surface area contributed by atoms with Crippen molar-refractivity contribution in [2.24, 2.45) is 0 Å². The van der Waals surface area contributed by atoms with Crippen LogP contribution in [0, 0.1) is 18.5 Å². The minimum absolute atomic E-state index is 0.407. The zero-order valence-electron chi connectivity index (χ0n) is 11.9. The van der Waals surface area contributed by atoms with Gasteiger partial charge in [0.05, 0.1) is 0 Å². The van der Waals surface area contributed by atoms with Crippen LogP contribution >= 0.6 is 12.2 Å². The minimum Gasteiger partial charge on any atom is -0.347 e. The summed E-state index contributed by atoms with van der Waals surface area (Å²) in [5.41, 5.74) is 4.82. The van der Waals surface area contributed by atoms with Crippen LogP contribution in [0.1, 0.15) is 48.0 Å². The average molecular weight is 272 g/mol. The Morgan fingerprint density at radius 1 is 1.16 bits per heavy atom. The molecule has 2 nitrogen and oxygen atoms in total. The SMILES string of the molecule is Cc1ccc(Cc2nc(=S)c(C(C)C)c(C)[nH]2)cc1. The highest BCUT2D eigenvalue weighted by Gasteiger charge is 2.09. The molecule has 0 fully saturated rings. The zero-order valence-corrected chi connectivity index (χ0v) is 12.8. The number of benzene rings is 1. The van der Waals surface area contributed by atoms with E-state index in [-0.39, 0.29) is 0 Å². The van der Waals surface area contributed by atoms with Crippen LogP contribution in [-0.4, -0.2) is 9.97 Å². The number of nitrogens with zero attached hydrogens (tertiary/aromatic N) is 1. The maximum Gasteiger partial charge on any atom is 0.133 e. The van der Waals surface area contributed by atoms with Crippen LogP contribution in [0.4, 0.5) is 0 Å². The summed E-state index contributed by atoms with van der Waals surface area (Å²) in [5.74, 6) is 1.35. The van der Waals surface area contributed by atoms with E-state index in [4.69, 9.17) is 12.2 Å². The van der Waals surface area contributed by atoms with Crippen molar-refractivity contribution in [2.45, 2.75) is 40.0 Å². The molecule has 0 aliphatic rings. The number of H-pyrrole nitrogens is 1. The Hall–Kier alpha value is -1.48. The highest BCUT2D eigenvalue weighted by molar-refractivity contribution is 7.71. The van der Waals surface area contributed by atoms with Gasteiger partial charge in [-0.2, -0.15) is 0 Å². The van der Waals surface area contributed by atoms with Crippen molar-refractivity contribution in [3.05, 3.63) is 57.1 Å². The van der Waals surface area contributed by atoms with Crippen molar-refractivity contribution in [1.82, 2.24) is 9.97 Å². The lowest BCUT2D eigenvalue weighted by molar-refractivity contribution is 0.803. The molecule has 0 unspecified atom stereocenters. The molecular formula is C16H20N2S. The summed E-state index contributed by atoms with van der Waals surface area (Å²) in [6.07, 6.45) is 0.795. The highest BCUT2D eigenvalue weighted by atomic mass is 32.1. The lowest BCUT2D eigenvalue weighted by atomic mass is 10.0. The van der Waals surface area contributed by atoms with E-state index in [2.05, 4.69) is 61.9 Å². The molecule has 1 aromatic heterocycles. The fourth-order valence-electron chi connectivity index (χ4n) is 2.32. The first kappa shape index (κ1) is 13.9. The van der Waals surface area contributed by atoms with Gasteiger partial charge in [-0.25, -0.2) is 4.98 Å². The van der Waals surface area contributed by atoms with Crippen LogP contribution < -0.4 is 0 Å². The van der Waals surface area contributed by atoms with Gasteiger partial charge in [0.1, 0.15) is 10.5 Å².